The molecule has 0 radical (unpaired) electrons. The molecule has 96 valence electrons. The molecule has 2 rings (SSSR count). The topological polar surface area (TPSA) is 20.2 Å². The van der Waals surface area contributed by atoms with Crippen molar-refractivity contribution >= 4 is 33.9 Å². The fourth-order valence-corrected chi connectivity index (χ4v) is 3.03. The molecule has 1 heterocycles. The molecule has 1 unspecified atom stereocenters. The lowest BCUT2D eigenvalue weighted by Gasteiger charge is -2.16. The lowest BCUT2D eigenvalue weighted by atomic mass is 9.98. The van der Waals surface area contributed by atoms with E-state index in [1.165, 1.54) is 29.5 Å². The van der Waals surface area contributed by atoms with Gasteiger partial charge < -0.3 is 5.11 Å². The fourth-order valence-electron chi connectivity index (χ4n) is 1.64. The summed E-state index contributed by atoms with van der Waals surface area (Å²) in [6.07, 6.45) is -5.71. The van der Waals surface area contributed by atoms with Gasteiger partial charge in [0, 0.05) is 0 Å². The van der Waals surface area contributed by atoms with Gasteiger partial charge in [0.25, 0.3) is 0 Å². The second-order valence-electron chi connectivity index (χ2n) is 3.67. The number of thiophene rings is 1. The van der Waals surface area contributed by atoms with Gasteiger partial charge in [-0.15, -0.1) is 11.3 Å². The van der Waals surface area contributed by atoms with Crippen LogP contribution in [0, 0.1) is 2.88 Å². The van der Waals surface area contributed by atoms with Crippen molar-refractivity contribution in [1.29, 1.82) is 0 Å². The van der Waals surface area contributed by atoms with Gasteiger partial charge in [-0.3, -0.25) is 0 Å². The Balaban J connectivity index is 2.45. The highest BCUT2D eigenvalue weighted by Gasteiger charge is 2.35. The van der Waals surface area contributed by atoms with Gasteiger partial charge in [-0.2, -0.15) is 13.2 Å². The van der Waals surface area contributed by atoms with Crippen LogP contribution in [0.15, 0.2) is 35.7 Å². The first-order valence-electron chi connectivity index (χ1n) is 4.97. The molecule has 0 aliphatic carbocycles. The second kappa shape index (κ2) is 5.18. The maximum Gasteiger partial charge on any atom is 0.416 e. The third-order valence-corrected chi connectivity index (χ3v) is 4.27. The van der Waals surface area contributed by atoms with E-state index in [9.17, 15) is 18.3 Å². The minimum Gasteiger partial charge on any atom is -0.384 e. The summed E-state index contributed by atoms with van der Waals surface area (Å²) in [5.41, 5.74) is -0.418. The van der Waals surface area contributed by atoms with E-state index in [2.05, 4.69) is 22.6 Å². The van der Waals surface area contributed by atoms with Crippen LogP contribution in [0.1, 0.15) is 22.8 Å². The molecule has 0 saturated heterocycles. The molecule has 1 nitrogen and oxygen atoms in total. The van der Waals surface area contributed by atoms with Crippen molar-refractivity contribution < 1.29 is 18.3 Å². The highest BCUT2D eigenvalue weighted by molar-refractivity contribution is 14.1. The molecule has 0 saturated carbocycles. The van der Waals surface area contributed by atoms with E-state index in [0.29, 0.717) is 5.56 Å². The quantitative estimate of drug-likeness (QED) is 0.759. The molecule has 1 N–H and O–H groups in total. The largest absolute Gasteiger partial charge is 0.416 e. The summed E-state index contributed by atoms with van der Waals surface area (Å²) in [6.45, 7) is 0. The first kappa shape index (κ1) is 13.8. The molecule has 0 fully saturated rings. The predicted octanol–water partition coefficient (Wildman–Crippen LogP) is 4.45. The SMILES string of the molecule is OC(c1csc(I)c1)c1ccccc1C(F)(F)F. The van der Waals surface area contributed by atoms with E-state index in [0.717, 1.165) is 8.95 Å². The molecule has 6 heteroatoms. The molecule has 1 aromatic carbocycles. The Morgan fingerprint density at radius 1 is 1.22 bits per heavy atom. The summed E-state index contributed by atoms with van der Waals surface area (Å²) in [5, 5.41) is 11.7. The minimum absolute atomic E-state index is 0.112. The molecule has 0 aliphatic heterocycles. The number of halogens is 4. The van der Waals surface area contributed by atoms with Crippen LogP contribution in [0.3, 0.4) is 0 Å². The van der Waals surface area contributed by atoms with Crippen molar-refractivity contribution in [3.8, 4) is 0 Å². The van der Waals surface area contributed by atoms with E-state index in [1.807, 2.05) is 0 Å². The van der Waals surface area contributed by atoms with Crippen LogP contribution in [0.4, 0.5) is 13.2 Å². The van der Waals surface area contributed by atoms with Gasteiger partial charge in [-0.25, -0.2) is 0 Å². The highest BCUT2D eigenvalue weighted by Crippen LogP contribution is 2.37. The highest BCUT2D eigenvalue weighted by atomic mass is 127. The summed E-state index contributed by atoms with van der Waals surface area (Å²) < 4.78 is 39.4. The molecular formula is C12H8F3IOS. The van der Waals surface area contributed by atoms with Crippen LogP contribution in [-0.4, -0.2) is 5.11 Å². The summed E-state index contributed by atoms with van der Waals surface area (Å²) in [4.78, 5) is 0. The Morgan fingerprint density at radius 2 is 1.89 bits per heavy atom. The molecule has 0 aliphatic rings. The van der Waals surface area contributed by atoms with Gasteiger partial charge in [0.1, 0.15) is 6.10 Å². The van der Waals surface area contributed by atoms with Crippen molar-refractivity contribution in [2.45, 2.75) is 12.3 Å². The summed E-state index contributed by atoms with van der Waals surface area (Å²) >= 11 is 3.45. The Bertz CT molecular complexity index is 550. The van der Waals surface area contributed by atoms with Crippen LogP contribution in [0.2, 0.25) is 0 Å². The lowest BCUT2D eigenvalue weighted by Crippen LogP contribution is -2.12. The number of aliphatic hydroxyl groups is 1. The first-order valence-corrected chi connectivity index (χ1v) is 6.93. The standard InChI is InChI=1S/C12H8F3IOS/c13-12(14,15)9-4-2-1-3-8(9)11(17)7-5-10(16)18-6-7/h1-6,11,17H. The van der Waals surface area contributed by atoms with E-state index < -0.39 is 17.8 Å². The van der Waals surface area contributed by atoms with Crippen molar-refractivity contribution in [3.05, 3.63) is 55.3 Å². The number of rotatable bonds is 2. The minimum atomic E-state index is -4.46. The number of hydrogen-bond acceptors (Lipinski definition) is 2. The molecule has 18 heavy (non-hydrogen) atoms. The van der Waals surface area contributed by atoms with E-state index in [-0.39, 0.29) is 5.56 Å². The third-order valence-electron chi connectivity index (χ3n) is 2.46. The number of benzene rings is 1. The molecule has 0 bridgehead atoms. The van der Waals surface area contributed by atoms with E-state index in [4.69, 9.17) is 0 Å². The average Bonchev–Trinajstić information content (AvgIpc) is 2.74. The normalized spacial score (nSPS) is 13.6. The van der Waals surface area contributed by atoms with Crippen molar-refractivity contribution in [3.63, 3.8) is 0 Å². The van der Waals surface area contributed by atoms with Crippen LogP contribution >= 0.6 is 33.9 Å². The predicted molar refractivity (Wildman–Crippen MR) is 72.5 cm³/mol. The molecule has 0 amide bonds. The zero-order chi connectivity index (χ0) is 13.3. The van der Waals surface area contributed by atoms with Gasteiger partial charge in [-0.1, -0.05) is 18.2 Å². The maximum atomic E-state index is 12.8. The second-order valence-corrected chi connectivity index (χ2v) is 6.48. The van der Waals surface area contributed by atoms with Gasteiger partial charge >= 0.3 is 6.18 Å². The molecule has 1 aromatic heterocycles. The van der Waals surface area contributed by atoms with Gasteiger partial charge in [0.05, 0.1) is 8.45 Å². The Labute approximate surface area is 119 Å². The maximum absolute atomic E-state index is 12.8. The van der Waals surface area contributed by atoms with Crippen LogP contribution in [0.5, 0.6) is 0 Å². The summed E-state index contributed by atoms with van der Waals surface area (Å²) in [6, 6.07) is 6.78. The average molecular weight is 384 g/mol. The molecular weight excluding hydrogens is 376 g/mol. The van der Waals surface area contributed by atoms with Crippen LogP contribution < -0.4 is 0 Å². The van der Waals surface area contributed by atoms with Crippen molar-refractivity contribution in [2.75, 3.05) is 0 Å². The number of aliphatic hydroxyl groups excluding tert-OH is 1. The van der Waals surface area contributed by atoms with Gasteiger partial charge in [-0.05, 0) is 51.2 Å². The summed E-state index contributed by atoms with van der Waals surface area (Å²) in [7, 11) is 0. The molecule has 2 aromatic rings. The van der Waals surface area contributed by atoms with Gasteiger partial charge in [0.15, 0.2) is 0 Å². The van der Waals surface area contributed by atoms with Crippen molar-refractivity contribution in [1.82, 2.24) is 0 Å². The molecule has 1 atom stereocenters. The Hall–Kier alpha value is -0.600. The van der Waals surface area contributed by atoms with E-state index >= 15 is 0 Å². The van der Waals surface area contributed by atoms with E-state index in [1.54, 1.807) is 11.4 Å². The van der Waals surface area contributed by atoms with Crippen LogP contribution in [0.25, 0.3) is 0 Å². The monoisotopic (exact) mass is 384 g/mol. The Kier molecular flexibility index (Phi) is 3.98. The number of alkyl halides is 3. The third kappa shape index (κ3) is 2.86. The zero-order valence-electron chi connectivity index (χ0n) is 8.91. The zero-order valence-corrected chi connectivity index (χ0v) is 11.9. The lowest BCUT2D eigenvalue weighted by molar-refractivity contribution is -0.139. The Morgan fingerprint density at radius 3 is 2.44 bits per heavy atom. The first-order chi connectivity index (χ1) is 8.39. The molecule has 0 spiro atoms. The van der Waals surface area contributed by atoms with Crippen molar-refractivity contribution in [2.24, 2.45) is 0 Å². The smallest absolute Gasteiger partial charge is 0.384 e. The fraction of sp³-hybridized carbons (Fsp3) is 0.167. The van der Waals surface area contributed by atoms with Crippen LogP contribution in [-0.2, 0) is 6.18 Å². The number of hydrogen-bond donors (Lipinski definition) is 1. The summed E-state index contributed by atoms with van der Waals surface area (Å²) in [5.74, 6) is 0. The van der Waals surface area contributed by atoms with Gasteiger partial charge in [0.2, 0.25) is 0 Å².